The van der Waals surface area contributed by atoms with Crippen molar-refractivity contribution < 1.29 is 4.79 Å². The summed E-state index contributed by atoms with van der Waals surface area (Å²) in [6, 6.07) is 6.95. The maximum Gasteiger partial charge on any atom is 0.331 e. The quantitative estimate of drug-likeness (QED) is 0.752. The largest absolute Gasteiger partial charge is 0.331 e. The van der Waals surface area contributed by atoms with Gasteiger partial charge in [0.1, 0.15) is 6.33 Å². The zero-order valence-electron chi connectivity index (χ0n) is 9.84. The second-order valence-corrected chi connectivity index (χ2v) is 3.77. The smallest absolute Gasteiger partial charge is 0.307 e. The van der Waals surface area contributed by atoms with E-state index >= 15 is 0 Å². The van der Waals surface area contributed by atoms with E-state index in [1.54, 1.807) is 36.9 Å². The highest BCUT2D eigenvalue weighted by atomic mass is 16.2. The molecular weight excluding hydrogens is 244 g/mol. The molecule has 19 heavy (non-hydrogen) atoms. The van der Waals surface area contributed by atoms with Gasteiger partial charge in [-0.1, -0.05) is 0 Å². The van der Waals surface area contributed by atoms with Crippen molar-refractivity contribution in [1.29, 1.82) is 0 Å². The summed E-state index contributed by atoms with van der Waals surface area (Å²) in [6.45, 7) is 0. The highest BCUT2D eigenvalue weighted by Crippen LogP contribution is 2.12. The van der Waals surface area contributed by atoms with Crippen molar-refractivity contribution in [3.63, 3.8) is 0 Å². The van der Waals surface area contributed by atoms with Crippen LogP contribution in [0.15, 0.2) is 55.4 Å². The fourth-order valence-electron chi connectivity index (χ4n) is 1.59. The molecule has 0 saturated carbocycles. The van der Waals surface area contributed by atoms with E-state index in [1.807, 2.05) is 12.1 Å². The summed E-state index contributed by atoms with van der Waals surface area (Å²) >= 11 is 0. The van der Waals surface area contributed by atoms with Gasteiger partial charge in [0.2, 0.25) is 0 Å². The third-order valence-corrected chi connectivity index (χ3v) is 2.51. The SMILES string of the molecule is O=C(Nc1ccc(-n2nccn2)cc1)n1ccnc1. The summed E-state index contributed by atoms with van der Waals surface area (Å²) < 4.78 is 1.36. The standard InChI is InChI=1S/C12H10N6O/c19-12(17-8-7-13-9-17)16-10-1-3-11(4-2-10)18-14-5-6-15-18/h1-9H,(H,16,19). The molecule has 0 saturated heterocycles. The Balaban J connectivity index is 1.75. The Labute approximate surface area is 108 Å². The number of hydrogen-bond acceptors (Lipinski definition) is 4. The number of amides is 1. The van der Waals surface area contributed by atoms with Crippen LogP contribution in [0.25, 0.3) is 5.69 Å². The van der Waals surface area contributed by atoms with E-state index < -0.39 is 0 Å². The van der Waals surface area contributed by atoms with Gasteiger partial charge < -0.3 is 5.32 Å². The van der Waals surface area contributed by atoms with Crippen LogP contribution in [0.1, 0.15) is 0 Å². The van der Waals surface area contributed by atoms with Crippen molar-refractivity contribution in [2.75, 3.05) is 5.32 Å². The highest BCUT2D eigenvalue weighted by Gasteiger charge is 2.04. The van der Waals surface area contributed by atoms with E-state index in [-0.39, 0.29) is 6.03 Å². The molecule has 0 atom stereocenters. The van der Waals surface area contributed by atoms with Gasteiger partial charge in [0.05, 0.1) is 18.1 Å². The molecule has 94 valence electrons. The molecule has 2 heterocycles. The fourth-order valence-corrected chi connectivity index (χ4v) is 1.59. The minimum Gasteiger partial charge on any atom is -0.307 e. The Morgan fingerprint density at radius 1 is 1.05 bits per heavy atom. The number of nitrogens with one attached hydrogen (secondary N) is 1. The lowest BCUT2D eigenvalue weighted by Gasteiger charge is -2.06. The minimum atomic E-state index is -0.262. The van der Waals surface area contributed by atoms with Crippen LogP contribution >= 0.6 is 0 Å². The van der Waals surface area contributed by atoms with Crippen molar-refractivity contribution in [2.24, 2.45) is 0 Å². The molecule has 0 spiro atoms. The summed E-state index contributed by atoms with van der Waals surface area (Å²) in [5, 5.41) is 10.8. The van der Waals surface area contributed by atoms with Gasteiger partial charge in [0.25, 0.3) is 0 Å². The number of carbonyl (C=O) groups is 1. The van der Waals surface area contributed by atoms with Crippen LogP contribution in [0.4, 0.5) is 10.5 Å². The Kier molecular flexibility index (Phi) is 2.77. The molecule has 0 aliphatic rings. The number of nitrogens with zero attached hydrogens (tertiary/aromatic N) is 5. The van der Waals surface area contributed by atoms with Crippen molar-refractivity contribution in [2.45, 2.75) is 0 Å². The van der Waals surface area contributed by atoms with Crippen molar-refractivity contribution in [3.05, 3.63) is 55.4 Å². The van der Waals surface area contributed by atoms with Crippen molar-refractivity contribution in [3.8, 4) is 5.69 Å². The van der Waals surface area contributed by atoms with Crippen LogP contribution in [0.5, 0.6) is 0 Å². The van der Waals surface area contributed by atoms with Gasteiger partial charge in [-0.05, 0) is 24.3 Å². The van der Waals surface area contributed by atoms with E-state index in [4.69, 9.17) is 0 Å². The van der Waals surface area contributed by atoms with E-state index in [0.717, 1.165) is 5.69 Å². The summed E-state index contributed by atoms with van der Waals surface area (Å²) in [4.78, 5) is 17.1. The van der Waals surface area contributed by atoms with E-state index in [0.29, 0.717) is 5.69 Å². The van der Waals surface area contributed by atoms with Gasteiger partial charge in [-0.2, -0.15) is 15.0 Å². The Morgan fingerprint density at radius 2 is 1.79 bits per heavy atom. The number of anilines is 1. The normalized spacial score (nSPS) is 10.3. The Hall–Kier alpha value is -2.96. The maximum atomic E-state index is 11.8. The predicted octanol–water partition coefficient (Wildman–Crippen LogP) is 1.54. The molecule has 0 aliphatic heterocycles. The lowest BCUT2D eigenvalue weighted by molar-refractivity contribution is 0.253. The molecular formula is C12H10N6O. The summed E-state index contributed by atoms with van der Waals surface area (Å²) in [5.74, 6) is 0. The number of aromatic nitrogens is 5. The van der Waals surface area contributed by atoms with Gasteiger partial charge in [-0.15, -0.1) is 0 Å². The first-order chi connectivity index (χ1) is 9.33. The molecule has 0 aliphatic carbocycles. The molecule has 7 heteroatoms. The zero-order valence-corrected chi connectivity index (χ0v) is 9.84. The average molecular weight is 254 g/mol. The number of benzene rings is 1. The fraction of sp³-hybridized carbons (Fsp3) is 0. The molecule has 1 amide bonds. The summed E-state index contributed by atoms with van der Waals surface area (Å²) in [5.41, 5.74) is 1.51. The van der Waals surface area contributed by atoms with Crippen LogP contribution in [0.3, 0.4) is 0 Å². The lowest BCUT2D eigenvalue weighted by atomic mass is 10.3. The zero-order chi connectivity index (χ0) is 13.1. The van der Waals surface area contributed by atoms with E-state index in [9.17, 15) is 4.79 Å². The molecule has 0 fully saturated rings. The third-order valence-electron chi connectivity index (χ3n) is 2.51. The third kappa shape index (κ3) is 2.34. The number of imidazole rings is 1. The van der Waals surface area contributed by atoms with Crippen LogP contribution in [-0.4, -0.2) is 30.6 Å². The van der Waals surface area contributed by atoms with Crippen LogP contribution in [-0.2, 0) is 0 Å². The molecule has 2 aromatic heterocycles. The molecule has 1 N–H and O–H groups in total. The number of hydrogen-bond donors (Lipinski definition) is 1. The summed E-state index contributed by atoms with van der Waals surface area (Å²) in [7, 11) is 0. The van der Waals surface area contributed by atoms with Crippen molar-refractivity contribution >= 4 is 11.7 Å². The van der Waals surface area contributed by atoms with Gasteiger partial charge in [-0.25, -0.2) is 9.78 Å². The Bertz CT molecular complexity index is 657. The second kappa shape index (κ2) is 4.73. The molecule has 1 aromatic carbocycles. The van der Waals surface area contributed by atoms with Crippen molar-refractivity contribution in [1.82, 2.24) is 24.5 Å². The van der Waals surface area contributed by atoms with Gasteiger partial charge in [0.15, 0.2) is 0 Å². The first kappa shape index (κ1) is 11.1. The van der Waals surface area contributed by atoms with Crippen LogP contribution in [0.2, 0.25) is 0 Å². The van der Waals surface area contributed by atoms with E-state index in [1.165, 1.54) is 15.7 Å². The predicted molar refractivity (Wildman–Crippen MR) is 68.0 cm³/mol. The van der Waals surface area contributed by atoms with Crippen LogP contribution < -0.4 is 5.32 Å². The monoisotopic (exact) mass is 254 g/mol. The Morgan fingerprint density at radius 3 is 2.42 bits per heavy atom. The number of carbonyl (C=O) groups excluding carboxylic acids is 1. The molecule has 0 unspecified atom stereocenters. The van der Waals surface area contributed by atoms with Gasteiger partial charge >= 0.3 is 6.03 Å². The molecule has 0 radical (unpaired) electrons. The maximum absolute atomic E-state index is 11.8. The summed E-state index contributed by atoms with van der Waals surface area (Å²) in [6.07, 6.45) is 7.78. The first-order valence-corrected chi connectivity index (χ1v) is 5.59. The minimum absolute atomic E-state index is 0.262. The lowest BCUT2D eigenvalue weighted by Crippen LogP contribution is -2.17. The van der Waals surface area contributed by atoms with Gasteiger partial charge in [0, 0.05) is 18.1 Å². The average Bonchev–Trinajstić information content (AvgIpc) is 3.13. The number of rotatable bonds is 2. The second-order valence-electron chi connectivity index (χ2n) is 3.77. The molecule has 3 aromatic rings. The van der Waals surface area contributed by atoms with Gasteiger partial charge in [-0.3, -0.25) is 4.57 Å². The topological polar surface area (TPSA) is 77.6 Å². The highest BCUT2D eigenvalue weighted by molar-refractivity contribution is 5.90. The van der Waals surface area contributed by atoms with E-state index in [2.05, 4.69) is 20.5 Å². The first-order valence-electron chi connectivity index (χ1n) is 5.59. The molecule has 3 rings (SSSR count). The molecule has 7 nitrogen and oxygen atoms in total. The molecule has 0 bridgehead atoms. The van der Waals surface area contributed by atoms with Crippen LogP contribution in [0, 0.1) is 0 Å².